The Morgan fingerprint density at radius 3 is 1.76 bits per heavy atom. The lowest BCUT2D eigenvalue weighted by Gasteiger charge is -2.29. The molecule has 0 saturated carbocycles. The molecule has 2 aromatic heterocycles. The fourth-order valence-corrected chi connectivity index (χ4v) is 9.73. The fourth-order valence-electron chi connectivity index (χ4n) is 9.73. The van der Waals surface area contributed by atoms with Crippen LogP contribution in [0.4, 0.5) is 22.7 Å². The van der Waals surface area contributed by atoms with Gasteiger partial charge in [0.25, 0.3) is 0 Å². The number of hydrogen-bond acceptors (Lipinski definition) is 4. The third kappa shape index (κ3) is 8.33. The van der Waals surface area contributed by atoms with Gasteiger partial charge >= 0.3 is 0 Å². The van der Waals surface area contributed by atoms with E-state index in [-0.39, 0.29) is 21.7 Å². The molecule has 9 aromatic rings. The molecule has 0 amide bonds. The highest BCUT2D eigenvalue weighted by Crippen LogP contribution is 2.49. The summed E-state index contributed by atoms with van der Waals surface area (Å²) >= 11 is 0. The molecule has 0 spiro atoms. The first-order chi connectivity index (χ1) is 32.3. The second kappa shape index (κ2) is 16.6. The Morgan fingerprint density at radius 2 is 1.07 bits per heavy atom. The van der Waals surface area contributed by atoms with Crippen molar-refractivity contribution in [3.63, 3.8) is 0 Å². The molecule has 0 N–H and O–H groups in total. The van der Waals surface area contributed by atoms with Gasteiger partial charge in [-0.15, -0.1) is 0 Å². The van der Waals surface area contributed by atoms with Crippen molar-refractivity contribution in [2.45, 2.75) is 97.8 Å². The first-order valence-electron chi connectivity index (χ1n) is 24.1. The Morgan fingerprint density at radius 1 is 0.412 bits per heavy atom. The molecule has 0 fully saturated rings. The van der Waals surface area contributed by atoms with Crippen molar-refractivity contribution >= 4 is 44.6 Å². The van der Waals surface area contributed by atoms with Crippen molar-refractivity contribution in [2.75, 3.05) is 16.5 Å². The molecular weight excluding hydrogens is 829 g/mol. The summed E-state index contributed by atoms with van der Waals surface area (Å²) in [6.45, 7) is 25.9. The van der Waals surface area contributed by atoms with Gasteiger partial charge in [0.1, 0.15) is 24.0 Å². The van der Waals surface area contributed by atoms with Crippen LogP contribution in [0.3, 0.4) is 0 Å². The second-order valence-corrected chi connectivity index (χ2v) is 22.3. The summed E-state index contributed by atoms with van der Waals surface area (Å²) in [6.07, 6.45) is 1.94. The third-order valence-corrected chi connectivity index (χ3v) is 14.1. The SMILES string of the molecule is CC(C)(C)c1cc(N2CN(c3cccc(Oc4ccc5c6cc(-c7ccccc7)ccc6n(-c6cc(C(C)(C)C)ccn6)c5c4)c3)c3cc(C(C)(C)c4ccccc4)ccc32)cc(C(C)(C)C)c1. The molecule has 0 radical (unpaired) electrons. The van der Waals surface area contributed by atoms with Crippen LogP contribution < -0.4 is 14.5 Å². The van der Waals surface area contributed by atoms with Gasteiger partial charge in [0.2, 0.25) is 0 Å². The molecule has 3 heterocycles. The van der Waals surface area contributed by atoms with E-state index >= 15 is 0 Å². The lowest BCUT2D eigenvalue weighted by atomic mass is 9.78. The van der Waals surface area contributed by atoms with Crippen LogP contribution >= 0.6 is 0 Å². The van der Waals surface area contributed by atoms with Gasteiger partial charge in [0, 0.05) is 45.9 Å². The van der Waals surface area contributed by atoms with Crippen LogP contribution in [-0.4, -0.2) is 16.2 Å². The number of nitrogens with zero attached hydrogens (tertiary/aromatic N) is 4. The van der Waals surface area contributed by atoms with Gasteiger partial charge in [-0.05, 0) is 128 Å². The second-order valence-electron chi connectivity index (χ2n) is 22.3. The number of aromatic nitrogens is 2. The highest BCUT2D eigenvalue weighted by molar-refractivity contribution is 6.10. The van der Waals surface area contributed by atoms with E-state index in [4.69, 9.17) is 9.72 Å². The summed E-state index contributed by atoms with van der Waals surface area (Å²) < 4.78 is 9.21. The van der Waals surface area contributed by atoms with Crippen LogP contribution in [-0.2, 0) is 21.7 Å². The van der Waals surface area contributed by atoms with E-state index in [0.717, 1.165) is 39.4 Å². The van der Waals surface area contributed by atoms with Gasteiger partial charge in [-0.25, -0.2) is 4.98 Å². The minimum atomic E-state index is -0.209. The molecular formula is C63H64N4O. The zero-order valence-electron chi connectivity index (χ0n) is 41.6. The fraction of sp³-hybridized carbons (Fsp3) is 0.254. The number of benzene rings is 7. The molecule has 5 heteroatoms. The topological polar surface area (TPSA) is 33.5 Å². The van der Waals surface area contributed by atoms with Crippen LogP contribution in [0.25, 0.3) is 38.8 Å². The number of pyridine rings is 1. The summed E-state index contributed by atoms with van der Waals surface area (Å²) in [6, 6.07) is 61.9. The van der Waals surface area contributed by atoms with Crippen molar-refractivity contribution in [1.29, 1.82) is 0 Å². The smallest absolute Gasteiger partial charge is 0.137 e. The molecule has 1 aliphatic rings. The minimum Gasteiger partial charge on any atom is -0.457 e. The largest absolute Gasteiger partial charge is 0.457 e. The Kier molecular flexibility index (Phi) is 10.9. The van der Waals surface area contributed by atoms with Crippen LogP contribution in [0.5, 0.6) is 11.5 Å². The zero-order chi connectivity index (χ0) is 47.8. The normalized spacial score (nSPS) is 13.4. The van der Waals surface area contributed by atoms with E-state index < -0.39 is 0 Å². The molecule has 0 bridgehead atoms. The first-order valence-corrected chi connectivity index (χ1v) is 24.1. The van der Waals surface area contributed by atoms with E-state index in [9.17, 15) is 0 Å². The Bertz CT molecular complexity index is 3290. The predicted molar refractivity (Wildman–Crippen MR) is 287 cm³/mol. The average Bonchev–Trinajstić information content (AvgIpc) is 3.86. The van der Waals surface area contributed by atoms with E-state index in [1.54, 1.807) is 0 Å². The third-order valence-electron chi connectivity index (χ3n) is 14.1. The number of hydrogen-bond donors (Lipinski definition) is 0. The van der Waals surface area contributed by atoms with Crippen molar-refractivity contribution in [1.82, 2.24) is 9.55 Å². The number of anilines is 4. The molecule has 68 heavy (non-hydrogen) atoms. The van der Waals surface area contributed by atoms with Gasteiger partial charge < -0.3 is 14.5 Å². The lowest BCUT2D eigenvalue weighted by Crippen LogP contribution is -2.25. The molecule has 7 aromatic carbocycles. The average molecular weight is 893 g/mol. The molecule has 0 unspecified atom stereocenters. The summed E-state index contributed by atoms with van der Waals surface area (Å²) in [5.41, 5.74) is 15.3. The van der Waals surface area contributed by atoms with E-state index in [0.29, 0.717) is 6.67 Å². The van der Waals surface area contributed by atoms with Crippen molar-refractivity contribution < 1.29 is 4.74 Å². The maximum Gasteiger partial charge on any atom is 0.137 e. The summed E-state index contributed by atoms with van der Waals surface area (Å²) in [5.74, 6) is 2.42. The van der Waals surface area contributed by atoms with Crippen molar-refractivity contribution in [2.24, 2.45) is 0 Å². The van der Waals surface area contributed by atoms with Gasteiger partial charge in [0.15, 0.2) is 0 Å². The van der Waals surface area contributed by atoms with E-state index in [2.05, 4.69) is 260 Å². The van der Waals surface area contributed by atoms with Crippen molar-refractivity contribution in [3.05, 3.63) is 204 Å². The Hall–Kier alpha value is -7.11. The van der Waals surface area contributed by atoms with E-state index in [1.165, 1.54) is 61.4 Å². The minimum absolute atomic E-state index is 0.0110. The van der Waals surface area contributed by atoms with Crippen molar-refractivity contribution in [3.8, 4) is 28.4 Å². The molecule has 5 nitrogen and oxygen atoms in total. The standard InChI is InChI=1S/C63H64N4O/c1-60(2,3)45-31-32-64-59(38-45)67-55-29-25-43(42-19-14-12-15-20-42)33-54(55)53-28-27-52(40-57(53)67)68-51-24-18-23-49(39-51)65-41-66(50-35-47(61(4,5)6)34-48(36-50)62(7,8)9)56-30-26-46(37-58(56)65)63(10,11)44-21-16-13-17-22-44/h12-40H,41H2,1-11H3. The summed E-state index contributed by atoms with van der Waals surface area (Å²) in [7, 11) is 0. The molecule has 10 rings (SSSR count). The van der Waals surface area contributed by atoms with Gasteiger partial charge in [-0.1, -0.05) is 161 Å². The molecule has 0 saturated heterocycles. The molecule has 0 aliphatic carbocycles. The number of fused-ring (bicyclic) bond motifs is 4. The Labute approximate surface area is 403 Å². The summed E-state index contributed by atoms with van der Waals surface area (Å²) in [5, 5.41) is 2.32. The quantitative estimate of drug-likeness (QED) is 0.152. The lowest BCUT2D eigenvalue weighted by molar-refractivity contribution is 0.483. The van der Waals surface area contributed by atoms with Gasteiger partial charge in [-0.2, -0.15) is 0 Å². The number of ether oxygens (including phenoxy) is 1. The predicted octanol–water partition coefficient (Wildman–Crippen LogP) is 17.1. The zero-order valence-corrected chi connectivity index (χ0v) is 41.6. The van der Waals surface area contributed by atoms with Crippen LogP contribution in [0.1, 0.15) is 104 Å². The van der Waals surface area contributed by atoms with Crippen LogP contribution in [0.2, 0.25) is 0 Å². The highest BCUT2D eigenvalue weighted by atomic mass is 16.5. The van der Waals surface area contributed by atoms with Gasteiger partial charge in [0.05, 0.1) is 22.4 Å². The van der Waals surface area contributed by atoms with Gasteiger partial charge in [-0.3, -0.25) is 4.57 Å². The number of rotatable bonds is 8. The molecule has 1 aliphatic heterocycles. The molecule has 342 valence electrons. The maximum atomic E-state index is 6.91. The first kappa shape index (κ1) is 44.7. The maximum absolute atomic E-state index is 6.91. The summed E-state index contributed by atoms with van der Waals surface area (Å²) in [4.78, 5) is 9.92. The monoisotopic (exact) mass is 893 g/mol. The highest BCUT2D eigenvalue weighted by Gasteiger charge is 2.33. The molecule has 0 atom stereocenters. The van der Waals surface area contributed by atoms with Crippen LogP contribution in [0, 0.1) is 0 Å². The van der Waals surface area contributed by atoms with E-state index in [1.807, 2.05) is 6.20 Å². The van der Waals surface area contributed by atoms with Crippen LogP contribution in [0.15, 0.2) is 176 Å². The Balaban J connectivity index is 1.07.